The van der Waals surface area contributed by atoms with Crippen LogP contribution < -0.4 is 4.90 Å². The standard InChI is InChI=1S/C21H33N5S/c1-15(18-22-8-13-27-18)25-9-11-26(12-10-25)17-14-16(20(2,3)4)23-19(24-17)21(5,6)7/h8,13-15H,9-12H2,1-7H3. The second-order valence-corrected chi connectivity index (χ2v) is 10.4. The van der Waals surface area contributed by atoms with E-state index in [-0.39, 0.29) is 10.8 Å². The minimum absolute atomic E-state index is 0.0128. The second-order valence-electron chi connectivity index (χ2n) is 9.50. The van der Waals surface area contributed by atoms with Crippen molar-refractivity contribution in [3.8, 4) is 0 Å². The van der Waals surface area contributed by atoms with Gasteiger partial charge in [0.05, 0.1) is 11.7 Å². The van der Waals surface area contributed by atoms with Crippen LogP contribution in [0.2, 0.25) is 0 Å². The number of piperazine rings is 1. The number of anilines is 1. The quantitative estimate of drug-likeness (QED) is 0.780. The summed E-state index contributed by atoms with van der Waals surface area (Å²) in [6.45, 7) is 19.5. The fourth-order valence-corrected chi connectivity index (χ4v) is 3.98. The van der Waals surface area contributed by atoms with Gasteiger partial charge in [0.15, 0.2) is 0 Å². The van der Waals surface area contributed by atoms with Crippen LogP contribution in [0.3, 0.4) is 0 Å². The smallest absolute Gasteiger partial charge is 0.136 e. The Morgan fingerprint density at radius 1 is 0.963 bits per heavy atom. The summed E-state index contributed by atoms with van der Waals surface area (Å²) in [5.74, 6) is 2.00. The molecule has 1 unspecified atom stereocenters. The van der Waals surface area contributed by atoms with Crippen LogP contribution in [-0.4, -0.2) is 46.0 Å². The molecule has 1 aliphatic heterocycles. The molecule has 2 aromatic rings. The summed E-state index contributed by atoms with van der Waals surface area (Å²) >= 11 is 1.74. The molecule has 1 saturated heterocycles. The van der Waals surface area contributed by atoms with E-state index in [2.05, 4.69) is 74.7 Å². The lowest BCUT2D eigenvalue weighted by Gasteiger charge is -2.38. The van der Waals surface area contributed by atoms with Crippen LogP contribution in [0.15, 0.2) is 17.6 Å². The van der Waals surface area contributed by atoms with E-state index in [9.17, 15) is 0 Å². The van der Waals surface area contributed by atoms with Crippen LogP contribution in [0.1, 0.15) is 71.0 Å². The van der Waals surface area contributed by atoms with Gasteiger partial charge in [0.25, 0.3) is 0 Å². The predicted octanol–water partition coefficient (Wildman–Crippen LogP) is 4.41. The van der Waals surface area contributed by atoms with Crippen LogP contribution in [0, 0.1) is 0 Å². The molecular formula is C21H33N5S. The van der Waals surface area contributed by atoms with Gasteiger partial charge in [0, 0.05) is 54.7 Å². The first kappa shape index (κ1) is 20.2. The van der Waals surface area contributed by atoms with Gasteiger partial charge in [0.1, 0.15) is 16.6 Å². The van der Waals surface area contributed by atoms with Crippen molar-refractivity contribution >= 4 is 17.2 Å². The fourth-order valence-electron chi connectivity index (χ4n) is 3.25. The molecule has 5 nitrogen and oxygen atoms in total. The number of thiazole rings is 1. The van der Waals surface area contributed by atoms with Crippen molar-refractivity contribution in [2.24, 2.45) is 0 Å². The van der Waals surface area contributed by atoms with Gasteiger partial charge in [-0.15, -0.1) is 11.3 Å². The average molecular weight is 388 g/mol. The Morgan fingerprint density at radius 3 is 2.15 bits per heavy atom. The molecule has 148 valence electrons. The van der Waals surface area contributed by atoms with E-state index in [1.54, 1.807) is 11.3 Å². The summed E-state index contributed by atoms with van der Waals surface area (Å²) in [4.78, 5) is 19.3. The lowest BCUT2D eigenvalue weighted by molar-refractivity contribution is 0.198. The molecule has 27 heavy (non-hydrogen) atoms. The van der Waals surface area contributed by atoms with E-state index in [0.717, 1.165) is 43.5 Å². The normalized spacial score (nSPS) is 18.0. The summed E-state index contributed by atoms with van der Waals surface area (Å²) in [6, 6.07) is 2.57. The van der Waals surface area contributed by atoms with Crippen molar-refractivity contribution in [2.75, 3.05) is 31.1 Å². The zero-order valence-electron chi connectivity index (χ0n) is 17.8. The van der Waals surface area contributed by atoms with Gasteiger partial charge in [-0.1, -0.05) is 41.5 Å². The van der Waals surface area contributed by atoms with Crippen LogP contribution in [-0.2, 0) is 10.8 Å². The molecule has 0 N–H and O–H groups in total. The number of nitrogens with zero attached hydrogens (tertiary/aromatic N) is 5. The molecule has 1 fully saturated rings. The van der Waals surface area contributed by atoms with Crippen LogP contribution >= 0.6 is 11.3 Å². The summed E-state index contributed by atoms with van der Waals surface area (Å²) in [5, 5.41) is 3.26. The van der Waals surface area contributed by atoms with Gasteiger partial charge in [-0.25, -0.2) is 15.0 Å². The third-order valence-corrected chi connectivity index (χ3v) is 6.09. The molecule has 3 heterocycles. The van der Waals surface area contributed by atoms with Crippen molar-refractivity contribution in [1.82, 2.24) is 19.9 Å². The molecule has 0 bridgehead atoms. The van der Waals surface area contributed by atoms with Gasteiger partial charge < -0.3 is 4.90 Å². The monoisotopic (exact) mass is 387 g/mol. The van der Waals surface area contributed by atoms with E-state index in [0.29, 0.717) is 6.04 Å². The van der Waals surface area contributed by atoms with Gasteiger partial charge in [0.2, 0.25) is 0 Å². The Balaban J connectivity index is 1.79. The minimum Gasteiger partial charge on any atom is -0.354 e. The maximum absolute atomic E-state index is 4.95. The average Bonchev–Trinajstić information content (AvgIpc) is 3.14. The van der Waals surface area contributed by atoms with E-state index in [1.165, 1.54) is 5.01 Å². The highest BCUT2D eigenvalue weighted by molar-refractivity contribution is 7.09. The van der Waals surface area contributed by atoms with Gasteiger partial charge in [-0.3, -0.25) is 4.90 Å². The van der Waals surface area contributed by atoms with Gasteiger partial charge >= 0.3 is 0 Å². The van der Waals surface area contributed by atoms with Crippen LogP contribution in [0.25, 0.3) is 0 Å². The summed E-state index contributed by atoms with van der Waals surface area (Å²) < 4.78 is 0. The molecule has 1 atom stereocenters. The Labute approximate surface area is 167 Å². The number of aromatic nitrogens is 3. The van der Waals surface area contributed by atoms with E-state index >= 15 is 0 Å². The lowest BCUT2D eigenvalue weighted by Crippen LogP contribution is -2.47. The molecule has 0 amide bonds. The van der Waals surface area contributed by atoms with Gasteiger partial charge in [-0.2, -0.15) is 0 Å². The Morgan fingerprint density at radius 2 is 1.63 bits per heavy atom. The zero-order valence-corrected chi connectivity index (χ0v) is 18.6. The van der Waals surface area contributed by atoms with Crippen LogP contribution in [0.5, 0.6) is 0 Å². The molecular weight excluding hydrogens is 354 g/mol. The molecule has 0 radical (unpaired) electrons. The first-order valence-corrected chi connectivity index (χ1v) is 10.7. The first-order valence-electron chi connectivity index (χ1n) is 9.84. The Kier molecular flexibility index (Phi) is 5.59. The lowest BCUT2D eigenvalue weighted by atomic mass is 9.90. The topological polar surface area (TPSA) is 45.2 Å². The summed E-state index contributed by atoms with van der Waals surface area (Å²) in [7, 11) is 0. The largest absolute Gasteiger partial charge is 0.354 e. The third kappa shape index (κ3) is 4.66. The maximum Gasteiger partial charge on any atom is 0.136 e. The molecule has 0 aliphatic carbocycles. The van der Waals surface area contributed by atoms with Crippen molar-refractivity contribution in [2.45, 2.75) is 65.3 Å². The predicted molar refractivity (Wildman–Crippen MR) is 114 cm³/mol. The van der Waals surface area contributed by atoms with Crippen molar-refractivity contribution in [3.05, 3.63) is 34.2 Å². The highest BCUT2D eigenvalue weighted by Gasteiger charge is 2.28. The third-order valence-electron chi connectivity index (χ3n) is 5.15. The first-order chi connectivity index (χ1) is 12.6. The van der Waals surface area contributed by atoms with E-state index in [4.69, 9.17) is 9.97 Å². The fraction of sp³-hybridized carbons (Fsp3) is 0.667. The Bertz CT molecular complexity index is 718. The second kappa shape index (κ2) is 7.47. The molecule has 1 aliphatic rings. The minimum atomic E-state index is -0.0583. The van der Waals surface area contributed by atoms with E-state index in [1.807, 2.05) is 6.20 Å². The Hall–Kier alpha value is -1.53. The van der Waals surface area contributed by atoms with Crippen molar-refractivity contribution < 1.29 is 0 Å². The number of hydrogen-bond acceptors (Lipinski definition) is 6. The molecule has 0 saturated carbocycles. The molecule has 3 rings (SSSR count). The molecule has 0 aromatic carbocycles. The SMILES string of the molecule is CC(c1nccs1)N1CCN(c2cc(C(C)(C)C)nc(C(C)(C)C)n2)CC1. The number of rotatable bonds is 3. The zero-order chi connectivity index (χ0) is 19.8. The van der Waals surface area contributed by atoms with Crippen molar-refractivity contribution in [3.63, 3.8) is 0 Å². The summed E-state index contributed by atoms with van der Waals surface area (Å²) in [5.41, 5.74) is 1.08. The molecule has 2 aromatic heterocycles. The highest BCUT2D eigenvalue weighted by atomic mass is 32.1. The number of hydrogen-bond donors (Lipinski definition) is 0. The highest BCUT2D eigenvalue weighted by Crippen LogP contribution is 2.29. The van der Waals surface area contributed by atoms with Crippen molar-refractivity contribution in [1.29, 1.82) is 0 Å². The maximum atomic E-state index is 4.95. The molecule has 0 spiro atoms. The summed E-state index contributed by atoms with van der Waals surface area (Å²) in [6.07, 6.45) is 1.90. The van der Waals surface area contributed by atoms with Crippen LogP contribution in [0.4, 0.5) is 5.82 Å². The van der Waals surface area contributed by atoms with Gasteiger partial charge in [-0.05, 0) is 6.92 Å². The molecule has 6 heteroatoms. The van der Waals surface area contributed by atoms with E-state index < -0.39 is 0 Å².